The van der Waals surface area contributed by atoms with Gasteiger partial charge in [0.15, 0.2) is 0 Å². The van der Waals surface area contributed by atoms with Gasteiger partial charge in [-0.1, -0.05) is 28.1 Å². The van der Waals surface area contributed by atoms with Gasteiger partial charge in [0.2, 0.25) is 0 Å². The maximum atomic E-state index is 10.0. The molecule has 2 rings (SSSR count). The topological polar surface area (TPSA) is 29.5 Å². The monoisotopic (exact) mass is 256 g/mol. The van der Waals surface area contributed by atoms with Crippen LogP contribution in [0.3, 0.4) is 0 Å². The third-order valence-electron chi connectivity index (χ3n) is 2.60. The summed E-state index contributed by atoms with van der Waals surface area (Å²) < 4.78 is 6.27. The Balaban J connectivity index is 2.13. The predicted octanol–water partition coefficient (Wildman–Crippen LogP) is 2.52. The van der Waals surface area contributed by atoms with Crippen LogP contribution in [0.1, 0.15) is 18.1 Å². The van der Waals surface area contributed by atoms with Gasteiger partial charge < -0.3 is 9.84 Å². The van der Waals surface area contributed by atoms with E-state index in [0.29, 0.717) is 6.61 Å². The molecule has 1 aliphatic rings. The molecule has 1 aromatic rings. The molecule has 1 N–H and O–H groups in total. The fourth-order valence-corrected chi connectivity index (χ4v) is 2.18. The lowest BCUT2D eigenvalue weighted by atomic mass is 9.95. The average molecular weight is 257 g/mol. The van der Waals surface area contributed by atoms with Crippen LogP contribution >= 0.6 is 15.9 Å². The molecule has 0 aromatic heterocycles. The van der Waals surface area contributed by atoms with Gasteiger partial charge in [-0.25, -0.2) is 0 Å². The van der Waals surface area contributed by atoms with E-state index in [1.54, 1.807) is 0 Å². The molecule has 14 heavy (non-hydrogen) atoms. The van der Waals surface area contributed by atoms with Gasteiger partial charge in [-0.05, 0) is 24.1 Å². The zero-order valence-corrected chi connectivity index (χ0v) is 9.40. The lowest BCUT2D eigenvalue weighted by molar-refractivity contribution is 0.0918. The Morgan fingerprint density at radius 1 is 1.50 bits per heavy atom. The van der Waals surface area contributed by atoms with Crippen molar-refractivity contribution in [3.8, 4) is 0 Å². The van der Waals surface area contributed by atoms with Gasteiger partial charge in [0.05, 0.1) is 12.7 Å². The summed E-state index contributed by atoms with van der Waals surface area (Å²) in [5.74, 6) is 0.254. The van der Waals surface area contributed by atoms with E-state index in [0.717, 1.165) is 23.1 Å². The zero-order valence-electron chi connectivity index (χ0n) is 7.82. The smallest absolute Gasteiger partial charge is 0.0841 e. The number of halogens is 1. The highest BCUT2D eigenvalue weighted by Gasteiger charge is 2.25. The van der Waals surface area contributed by atoms with Crippen LogP contribution in [0.2, 0.25) is 0 Å². The number of rotatable bonds is 2. The Hall–Kier alpha value is -0.380. The summed E-state index contributed by atoms with van der Waals surface area (Å²) in [4.78, 5) is 0. The van der Waals surface area contributed by atoms with Gasteiger partial charge in [-0.2, -0.15) is 0 Å². The van der Waals surface area contributed by atoms with Crippen molar-refractivity contribution in [1.29, 1.82) is 0 Å². The van der Waals surface area contributed by atoms with Crippen molar-refractivity contribution >= 4 is 15.9 Å². The molecule has 1 aromatic carbocycles. The second-order valence-corrected chi connectivity index (χ2v) is 4.54. The van der Waals surface area contributed by atoms with Crippen LogP contribution in [-0.4, -0.2) is 18.3 Å². The summed E-state index contributed by atoms with van der Waals surface area (Å²) in [6.07, 6.45) is 0.559. The van der Waals surface area contributed by atoms with E-state index >= 15 is 0 Å². The molecule has 0 unspecified atom stereocenters. The summed E-state index contributed by atoms with van der Waals surface area (Å²) in [6, 6.07) is 7.82. The molecular formula is C11H13BrO2. The predicted molar refractivity (Wildman–Crippen MR) is 58.0 cm³/mol. The molecule has 0 radical (unpaired) electrons. The highest BCUT2D eigenvalue weighted by molar-refractivity contribution is 9.10. The van der Waals surface area contributed by atoms with Crippen LogP contribution in [0.25, 0.3) is 0 Å². The molecule has 0 aliphatic carbocycles. The summed E-state index contributed by atoms with van der Waals surface area (Å²) in [5, 5.41) is 10.0. The lowest BCUT2D eigenvalue weighted by Gasteiger charge is -2.16. The Labute approximate surface area is 92.0 Å². The van der Waals surface area contributed by atoms with Crippen LogP contribution in [0.4, 0.5) is 0 Å². The molecule has 0 bridgehead atoms. The van der Waals surface area contributed by atoms with Crippen molar-refractivity contribution in [2.24, 2.45) is 5.92 Å². The van der Waals surface area contributed by atoms with Crippen LogP contribution in [-0.2, 0) is 4.74 Å². The van der Waals surface area contributed by atoms with Gasteiger partial charge in [0.25, 0.3) is 0 Å². The number of ether oxygens (including phenoxy) is 1. The minimum Gasteiger partial charge on any atom is -0.388 e. The SMILES string of the molecule is O[C@@H](c1cccc(Br)c1)[C@@H]1CCOC1. The molecule has 1 saturated heterocycles. The molecule has 0 spiro atoms. The lowest BCUT2D eigenvalue weighted by Crippen LogP contribution is -2.12. The summed E-state index contributed by atoms with van der Waals surface area (Å²) in [6.45, 7) is 1.45. The highest BCUT2D eigenvalue weighted by Crippen LogP contribution is 2.29. The Morgan fingerprint density at radius 3 is 3.00 bits per heavy atom. The fourth-order valence-electron chi connectivity index (χ4n) is 1.76. The maximum Gasteiger partial charge on any atom is 0.0841 e. The molecule has 1 fully saturated rings. The van der Waals surface area contributed by atoms with E-state index in [9.17, 15) is 5.11 Å². The van der Waals surface area contributed by atoms with Gasteiger partial charge in [-0.3, -0.25) is 0 Å². The molecule has 1 heterocycles. The first-order chi connectivity index (χ1) is 6.77. The first-order valence-corrected chi connectivity index (χ1v) is 5.58. The number of aliphatic hydroxyl groups is 1. The van der Waals surface area contributed by atoms with E-state index in [4.69, 9.17) is 4.74 Å². The molecule has 76 valence electrons. The van der Waals surface area contributed by atoms with Crippen molar-refractivity contribution in [1.82, 2.24) is 0 Å². The highest BCUT2D eigenvalue weighted by atomic mass is 79.9. The van der Waals surface area contributed by atoms with E-state index < -0.39 is 6.10 Å². The third-order valence-corrected chi connectivity index (χ3v) is 3.09. The van der Waals surface area contributed by atoms with Gasteiger partial charge >= 0.3 is 0 Å². The Morgan fingerprint density at radius 2 is 2.36 bits per heavy atom. The van der Waals surface area contributed by atoms with Crippen molar-refractivity contribution < 1.29 is 9.84 Å². The van der Waals surface area contributed by atoms with E-state index in [1.807, 2.05) is 24.3 Å². The van der Waals surface area contributed by atoms with Crippen molar-refractivity contribution in [3.05, 3.63) is 34.3 Å². The summed E-state index contributed by atoms with van der Waals surface area (Å²) >= 11 is 3.40. The van der Waals surface area contributed by atoms with Crippen LogP contribution in [0.5, 0.6) is 0 Å². The van der Waals surface area contributed by atoms with E-state index in [-0.39, 0.29) is 5.92 Å². The number of hydrogen-bond donors (Lipinski definition) is 1. The van der Waals surface area contributed by atoms with E-state index in [2.05, 4.69) is 15.9 Å². The largest absolute Gasteiger partial charge is 0.388 e. The standard InChI is InChI=1S/C11H13BrO2/c12-10-3-1-2-8(6-10)11(13)9-4-5-14-7-9/h1-3,6,9,11,13H,4-5,7H2/t9-,11+/m1/s1. The molecular weight excluding hydrogens is 244 g/mol. The van der Waals surface area contributed by atoms with Crippen LogP contribution in [0, 0.1) is 5.92 Å². The van der Waals surface area contributed by atoms with Gasteiger partial charge in [0.1, 0.15) is 0 Å². The maximum absolute atomic E-state index is 10.0. The molecule has 2 atom stereocenters. The first kappa shape index (κ1) is 10.1. The average Bonchev–Trinajstić information content (AvgIpc) is 2.69. The summed E-state index contributed by atoms with van der Waals surface area (Å²) in [5.41, 5.74) is 0.967. The van der Waals surface area contributed by atoms with Crippen molar-refractivity contribution in [3.63, 3.8) is 0 Å². The van der Waals surface area contributed by atoms with Gasteiger partial charge in [0, 0.05) is 17.0 Å². The molecule has 0 amide bonds. The van der Waals surface area contributed by atoms with Gasteiger partial charge in [-0.15, -0.1) is 0 Å². The summed E-state index contributed by atoms with van der Waals surface area (Å²) in [7, 11) is 0. The van der Waals surface area contributed by atoms with Crippen LogP contribution < -0.4 is 0 Å². The zero-order chi connectivity index (χ0) is 9.97. The minimum atomic E-state index is -0.394. The molecule has 3 heteroatoms. The Bertz CT molecular complexity index is 308. The molecule has 2 nitrogen and oxygen atoms in total. The van der Waals surface area contributed by atoms with Crippen LogP contribution in [0.15, 0.2) is 28.7 Å². The van der Waals surface area contributed by atoms with Crippen molar-refractivity contribution in [2.75, 3.05) is 13.2 Å². The Kier molecular flexibility index (Phi) is 3.21. The van der Waals surface area contributed by atoms with Crippen molar-refractivity contribution in [2.45, 2.75) is 12.5 Å². The second kappa shape index (κ2) is 4.43. The number of aliphatic hydroxyl groups excluding tert-OH is 1. The first-order valence-electron chi connectivity index (χ1n) is 4.78. The second-order valence-electron chi connectivity index (χ2n) is 3.62. The minimum absolute atomic E-state index is 0.254. The normalized spacial score (nSPS) is 23.7. The molecule has 1 aliphatic heterocycles. The van der Waals surface area contributed by atoms with E-state index in [1.165, 1.54) is 0 Å². The quantitative estimate of drug-likeness (QED) is 0.882. The molecule has 0 saturated carbocycles. The third kappa shape index (κ3) is 2.16. The fraction of sp³-hybridized carbons (Fsp3) is 0.455. The number of hydrogen-bond acceptors (Lipinski definition) is 2. The number of benzene rings is 1.